The van der Waals surface area contributed by atoms with Crippen LogP contribution in [0.4, 0.5) is 10.1 Å². The predicted molar refractivity (Wildman–Crippen MR) is 97.9 cm³/mol. The molecule has 0 spiro atoms. The molecule has 2 aromatic rings. The molecular formula is C21H24FNO3. The third-order valence-corrected chi connectivity index (χ3v) is 5.29. The standard InChI is InChI=1S/C21H24FNO3/c1-24-19-9-7-18(8-10-19)23-14-16(4-11-20-25-12-13-26-20)21(23)15-2-5-17(22)6-3-15/h2-3,5-10,16,20-21H,4,11-14H2,1H3/t16-,21-/m1/s1. The molecule has 4 nitrogen and oxygen atoms in total. The highest BCUT2D eigenvalue weighted by atomic mass is 19.1. The monoisotopic (exact) mass is 357 g/mol. The molecule has 2 atom stereocenters. The number of halogens is 1. The summed E-state index contributed by atoms with van der Waals surface area (Å²) in [5.74, 6) is 1.14. The second kappa shape index (κ2) is 7.64. The molecule has 2 fully saturated rings. The molecular weight excluding hydrogens is 333 g/mol. The minimum absolute atomic E-state index is 0.0705. The Bertz CT molecular complexity index is 713. The van der Waals surface area contributed by atoms with Crippen molar-refractivity contribution in [2.45, 2.75) is 25.2 Å². The fraction of sp³-hybridized carbons (Fsp3) is 0.429. The number of methoxy groups -OCH3 is 1. The molecule has 5 heteroatoms. The molecule has 0 radical (unpaired) electrons. The van der Waals surface area contributed by atoms with Crippen molar-refractivity contribution >= 4 is 5.69 Å². The van der Waals surface area contributed by atoms with Gasteiger partial charge >= 0.3 is 0 Å². The van der Waals surface area contributed by atoms with Crippen molar-refractivity contribution in [3.63, 3.8) is 0 Å². The molecule has 0 N–H and O–H groups in total. The van der Waals surface area contributed by atoms with Crippen molar-refractivity contribution in [1.82, 2.24) is 0 Å². The number of anilines is 1. The molecule has 0 aliphatic carbocycles. The van der Waals surface area contributed by atoms with E-state index in [0.29, 0.717) is 19.1 Å². The lowest BCUT2D eigenvalue weighted by Crippen LogP contribution is -2.50. The van der Waals surface area contributed by atoms with E-state index < -0.39 is 0 Å². The van der Waals surface area contributed by atoms with E-state index in [2.05, 4.69) is 17.0 Å². The average molecular weight is 357 g/mol. The van der Waals surface area contributed by atoms with E-state index in [1.807, 2.05) is 24.3 Å². The van der Waals surface area contributed by atoms with Gasteiger partial charge in [0, 0.05) is 18.2 Å². The molecule has 0 saturated carbocycles. The van der Waals surface area contributed by atoms with Crippen LogP contribution in [-0.4, -0.2) is 33.2 Å². The molecule has 138 valence electrons. The zero-order valence-electron chi connectivity index (χ0n) is 14.9. The summed E-state index contributed by atoms with van der Waals surface area (Å²) >= 11 is 0. The molecule has 2 aliphatic heterocycles. The summed E-state index contributed by atoms with van der Waals surface area (Å²) in [5.41, 5.74) is 2.30. The van der Waals surface area contributed by atoms with Crippen LogP contribution in [0.25, 0.3) is 0 Å². The van der Waals surface area contributed by atoms with Gasteiger partial charge in [0.15, 0.2) is 6.29 Å². The van der Waals surface area contributed by atoms with Crippen molar-refractivity contribution in [1.29, 1.82) is 0 Å². The third-order valence-electron chi connectivity index (χ3n) is 5.29. The van der Waals surface area contributed by atoms with Crippen LogP contribution in [0.3, 0.4) is 0 Å². The molecule has 2 aromatic carbocycles. The molecule has 0 unspecified atom stereocenters. The van der Waals surface area contributed by atoms with E-state index in [4.69, 9.17) is 14.2 Å². The molecule has 2 saturated heterocycles. The maximum Gasteiger partial charge on any atom is 0.157 e. The smallest absolute Gasteiger partial charge is 0.157 e. The van der Waals surface area contributed by atoms with Crippen LogP contribution in [0.5, 0.6) is 5.75 Å². The Balaban J connectivity index is 1.50. The fourth-order valence-electron chi connectivity index (χ4n) is 3.91. The van der Waals surface area contributed by atoms with Crippen LogP contribution in [0.15, 0.2) is 48.5 Å². The molecule has 0 aromatic heterocycles. The van der Waals surface area contributed by atoms with Crippen LogP contribution in [-0.2, 0) is 9.47 Å². The molecule has 2 aliphatic rings. The number of rotatable bonds is 6. The van der Waals surface area contributed by atoms with Crippen molar-refractivity contribution < 1.29 is 18.6 Å². The summed E-state index contributed by atoms with van der Waals surface area (Å²) in [7, 11) is 1.67. The highest BCUT2D eigenvalue weighted by Crippen LogP contribution is 2.45. The Morgan fingerprint density at radius 1 is 1.00 bits per heavy atom. The van der Waals surface area contributed by atoms with Crippen LogP contribution in [0, 0.1) is 11.7 Å². The first-order valence-corrected chi connectivity index (χ1v) is 9.14. The van der Waals surface area contributed by atoms with E-state index in [1.165, 1.54) is 0 Å². The fourth-order valence-corrected chi connectivity index (χ4v) is 3.91. The minimum atomic E-state index is -0.201. The Morgan fingerprint density at radius 2 is 1.69 bits per heavy atom. The van der Waals surface area contributed by atoms with Crippen molar-refractivity contribution in [2.75, 3.05) is 31.8 Å². The molecule has 26 heavy (non-hydrogen) atoms. The molecule has 0 amide bonds. The van der Waals surface area contributed by atoms with Gasteiger partial charge in [-0.2, -0.15) is 0 Å². The summed E-state index contributed by atoms with van der Waals surface area (Å²) in [5, 5.41) is 0. The van der Waals surface area contributed by atoms with Crippen LogP contribution in [0.1, 0.15) is 24.4 Å². The number of ether oxygens (including phenoxy) is 3. The van der Waals surface area contributed by atoms with Gasteiger partial charge in [-0.05, 0) is 54.8 Å². The Kier molecular flexibility index (Phi) is 5.09. The van der Waals surface area contributed by atoms with E-state index in [0.717, 1.165) is 36.4 Å². The third kappa shape index (κ3) is 3.55. The highest BCUT2D eigenvalue weighted by molar-refractivity contribution is 5.54. The Labute approximate surface area is 153 Å². The molecule has 2 heterocycles. The van der Waals surface area contributed by atoms with E-state index in [-0.39, 0.29) is 18.1 Å². The van der Waals surface area contributed by atoms with Crippen LogP contribution >= 0.6 is 0 Å². The van der Waals surface area contributed by atoms with Gasteiger partial charge < -0.3 is 19.1 Å². The first kappa shape index (κ1) is 17.3. The van der Waals surface area contributed by atoms with Crippen molar-refractivity contribution in [2.24, 2.45) is 5.92 Å². The van der Waals surface area contributed by atoms with Crippen molar-refractivity contribution in [3.8, 4) is 5.75 Å². The number of hydrogen-bond donors (Lipinski definition) is 0. The van der Waals surface area contributed by atoms with Crippen LogP contribution < -0.4 is 9.64 Å². The first-order chi connectivity index (χ1) is 12.7. The zero-order valence-corrected chi connectivity index (χ0v) is 14.9. The van der Waals surface area contributed by atoms with Gasteiger partial charge in [0.1, 0.15) is 11.6 Å². The number of benzene rings is 2. The molecule has 4 rings (SSSR count). The van der Waals surface area contributed by atoms with Gasteiger partial charge in [0.2, 0.25) is 0 Å². The second-order valence-electron chi connectivity index (χ2n) is 6.86. The Hall–Kier alpha value is -2.11. The van der Waals surface area contributed by atoms with E-state index in [9.17, 15) is 4.39 Å². The summed E-state index contributed by atoms with van der Waals surface area (Å²) in [4.78, 5) is 2.37. The average Bonchev–Trinajstić information content (AvgIpc) is 3.17. The first-order valence-electron chi connectivity index (χ1n) is 9.14. The quantitative estimate of drug-likeness (QED) is 0.777. The van der Waals surface area contributed by atoms with Gasteiger partial charge in [-0.1, -0.05) is 12.1 Å². The van der Waals surface area contributed by atoms with Gasteiger partial charge in [-0.15, -0.1) is 0 Å². The molecule has 0 bridgehead atoms. The normalized spacial score (nSPS) is 23.1. The lowest BCUT2D eigenvalue weighted by atomic mass is 9.80. The van der Waals surface area contributed by atoms with Crippen LogP contribution in [0.2, 0.25) is 0 Å². The van der Waals surface area contributed by atoms with Gasteiger partial charge in [-0.25, -0.2) is 4.39 Å². The Morgan fingerprint density at radius 3 is 2.35 bits per heavy atom. The summed E-state index contributed by atoms with van der Waals surface area (Å²) in [6.45, 7) is 2.35. The summed E-state index contributed by atoms with van der Waals surface area (Å²) < 4.78 is 29.8. The second-order valence-corrected chi connectivity index (χ2v) is 6.86. The minimum Gasteiger partial charge on any atom is -0.497 e. The topological polar surface area (TPSA) is 30.9 Å². The van der Waals surface area contributed by atoms with Gasteiger partial charge in [-0.3, -0.25) is 0 Å². The predicted octanol–water partition coefficient (Wildman–Crippen LogP) is 4.16. The van der Waals surface area contributed by atoms with Crippen molar-refractivity contribution in [3.05, 3.63) is 59.9 Å². The maximum absolute atomic E-state index is 13.4. The van der Waals surface area contributed by atoms with Gasteiger partial charge in [0.25, 0.3) is 0 Å². The summed E-state index contributed by atoms with van der Waals surface area (Å²) in [6, 6.07) is 15.2. The SMILES string of the molecule is COc1ccc(N2C[C@@H](CCC3OCCO3)[C@H]2c2ccc(F)cc2)cc1. The number of hydrogen-bond acceptors (Lipinski definition) is 4. The highest BCUT2D eigenvalue weighted by Gasteiger charge is 2.40. The van der Waals surface area contributed by atoms with Gasteiger partial charge in [0.05, 0.1) is 26.4 Å². The summed E-state index contributed by atoms with van der Waals surface area (Å²) in [6.07, 6.45) is 1.86. The lowest BCUT2D eigenvalue weighted by molar-refractivity contribution is -0.0519. The van der Waals surface area contributed by atoms with E-state index >= 15 is 0 Å². The lowest BCUT2D eigenvalue weighted by Gasteiger charge is -2.50. The zero-order chi connectivity index (χ0) is 17.9. The van der Waals surface area contributed by atoms with E-state index in [1.54, 1.807) is 19.2 Å². The number of nitrogens with zero attached hydrogens (tertiary/aromatic N) is 1. The largest absolute Gasteiger partial charge is 0.497 e. The maximum atomic E-state index is 13.4.